The Morgan fingerprint density at radius 3 is 2.04 bits per heavy atom. The van der Waals surface area contributed by atoms with Crippen LogP contribution in [0.2, 0.25) is 18.1 Å². The first-order valence-electron chi connectivity index (χ1n) is 10.0. The van der Waals surface area contributed by atoms with E-state index in [4.69, 9.17) is 23.4 Å². The van der Waals surface area contributed by atoms with Gasteiger partial charge in [0.05, 0.1) is 12.7 Å². The molecule has 0 amide bonds. The molecular weight excluding hydrogens is 364 g/mol. The number of hydrogen-bond acceptors (Lipinski definition) is 6. The minimum Gasteiger partial charge on any atom is -0.414 e. The van der Waals surface area contributed by atoms with Gasteiger partial charge >= 0.3 is 0 Å². The quantitative estimate of drug-likeness (QED) is 0.582. The minimum absolute atomic E-state index is 0.0877. The average molecular weight is 407 g/mol. The van der Waals surface area contributed by atoms with Gasteiger partial charge in [0.2, 0.25) is 11.6 Å². The molecule has 0 saturated carbocycles. The third-order valence-electron chi connectivity index (χ3n) is 6.35. The van der Waals surface area contributed by atoms with E-state index in [-0.39, 0.29) is 5.04 Å². The average Bonchev–Trinajstić information content (AvgIpc) is 2.59. The molecule has 0 aromatic rings. The second kappa shape index (κ2) is 9.20. The van der Waals surface area contributed by atoms with Crippen LogP contribution in [0.4, 0.5) is 0 Å². The van der Waals surface area contributed by atoms with E-state index in [0.29, 0.717) is 13.0 Å². The van der Waals surface area contributed by atoms with Gasteiger partial charge in [0.1, 0.15) is 12.2 Å². The third kappa shape index (κ3) is 5.53. The standard InChI is InChI=1S/C20H42O6Si/c1-11-12-13-15(21)17-16(14-24-27(9,10)18(2,3)4)25-19(5,22-7)20(6,23-8)26-17/h15-17,21H,11-14H2,1-10H3/t15-,16-,17+,19+,20+/m0/s1. The maximum Gasteiger partial charge on any atom is 0.220 e. The van der Waals surface area contributed by atoms with Crippen molar-refractivity contribution in [3.63, 3.8) is 0 Å². The van der Waals surface area contributed by atoms with Crippen molar-refractivity contribution in [1.82, 2.24) is 0 Å². The highest BCUT2D eigenvalue weighted by Gasteiger charge is 2.58. The number of rotatable bonds is 9. The molecule has 0 bridgehead atoms. The smallest absolute Gasteiger partial charge is 0.220 e. The molecule has 0 unspecified atom stereocenters. The Balaban J connectivity index is 3.07. The Bertz CT molecular complexity index is 466. The van der Waals surface area contributed by atoms with Crippen LogP contribution in [0, 0.1) is 0 Å². The SMILES string of the molecule is CCCC[C@H](O)[C@H]1O[C@@](C)(OC)[C@](C)(OC)O[C@H]1CO[Si](C)(C)C(C)(C)C. The third-order valence-corrected chi connectivity index (χ3v) is 10.9. The zero-order valence-electron chi connectivity index (χ0n) is 19.0. The van der Waals surface area contributed by atoms with E-state index in [2.05, 4.69) is 40.8 Å². The largest absolute Gasteiger partial charge is 0.414 e. The summed E-state index contributed by atoms with van der Waals surface area (Å²) in [7, 11) is 1.16. The van der Waals surface area contributed by atoms with Gasteiger partial charge in [-0.05, 0) is 38.4 Å². The van der Waals surface area contributed by atoms with E-state index in [0.717, 1.165) is 12.8 Å². The molecule has 1 aliphatic rings. The second-order valence-corrected chi connectivity index (χ2v) is 14.1. The highest BCUT2D eigenvalue weighted by Crippen LogP contribution is 2.42. The molecule has 0 spiro atoms. The highest BCUT2D eigenvalue weighted by molar-refractivity contribution is 6.74. The molecule has 1 rings (SSSR count). The van der Waals surface area contributed by atoms with Crippen molar-refractivity contribution in [1.29, 1.82) is 0 Å². The molecule has 0 aliphatic carbocycles. The fraction of sp³-hybridized carbons (Fsp3) is 1.00. The minimum atomic E-state index is -1.97. The van der Waals surface area contributed by atoms with Gasteiger partial charge in [-0.25, -0.2) is 0 Å². The lowest BCUT2D eigenvalue weighted by molar-refractivity contribution is -0.455. The summed E-state index contributed by atoms with van der Waals surface area (Å²) in [6.45, 7) is 17.0. The van der Waals surface area contributed by atoms with Crippen LogP contribution in [0.25, 0.3) is 0 Å². The van der Waals surface area contributed by atoms with Crippen LogP contribution < -0.4 is 0 Å². The van der Waals surface area contributed by atoms with Gasteiger partial charge in [-0.3, -0.25) is 0 Å². The molecule has 162 valence electrons. The Morgan fingerprint density at radius 1 is 1.07 bits per heavy atom. The lowest BCUT2D eigenvalue weighted by Crippen LogP contribution is -2.68. The Morgan fingerprint density at radius 2 is 1.59 bits per heavy atom. The first-order valence-corrected chi connectivity index (χ1v) is 13.0. The predicted octanol–water partition coefficient (Wildman–Crippen LogP) is 4.07. The van der Waals surface area contributed by atoms with Crippen molar-refractivity contribution in [2.45, 2.75) is 109 Å². The summed E-state index contributed by atoms with van der Waals surface area (Å²) in [6, 6.07) is 0. The number of aliphatic hydroxyl groups excluding tert-OH is 1. The Kier molecular flexibility index (Phi) is 8.52. The molecule has 5 atom stereocenters. The topological polar surface area (TPSA) is 66.4 Å². The molecule has 7 heteroatoms. The fourth-order valence-electron chi connectivity index (χ4n) is 2.91. The lowest BCUT2D eigenvalue weighted by Gasteiger charge is -2.53. The molecule has 6 nitrogen and oxygen atoms in total. The Labute approximate surface area is 167 Å². The van der Waals surface area contributed by atoms with Crippen molar-refractivity contribution >= 4 is 8.32 Å². The molecule has 27 heavy (non-hydrogen) atoms. The second-order valence-electron chi connectivity index (χ2n) is 9.32. The summed E-state index contributed by atoms with van der Waals surface area (Å²) in [4.78, 5) is 0. The van der Waals surface area contributed by atoms with Gasteiger partial charge in [0.25, 0.3) is 0 Å². The first-order chi connectivity index (χ1) is 12.3. The molecule has 1 saturated heterocycles. The molecule has 0 aromatic heterocycles. The van der Waals surface area contributed by atoms with Crippen molar-refractivity contribution in [3.05, 3.63) is 0 Å². The number of aliphatic hydroxyl groups is 1. The first kappa shape index (κ1) is 25.0. The predicted molar refractivity (Wildman–Crippen MR) is 109 cm³/mol. The normalized spacial score (nSPS) is 33.9. The molecule has 1 heterocycles. The van der Waals surface area contributed by atoms with Crippen LogP contribution >= 0.6 is 0 Å². The summed E-state index contributed by atoms with van der Waals surface area (Å²) in [5.74, 6) is -2.24. The summed E-state index contributed by atoms with van der Waals surface area (Å²) >= 11 is 0. The number of hydrogen-bond donors (Lipinski definition) is 1. The molecule has 1 aliphatic heterocycles. The van der Waals surface area contributed by atoms with Crippen LogP contribution in [0.1, 0.15) is 60.8 Å². The van der Waals surface area contributed by atoms with E-state index in [1.165, 1.54) is 0 Å². The van der Waals surface area contributed by atoms with Gasteiger partial charge in [-0.15, -0.1) is 0 Å². The van der Waals surface area contributed by atoms with E-state index in [1.54, 1.807) is 28.1 Å². The van der Waals surface area contributed by atoms with Crippen LogP contribution in [0.5, 0.6) is 0 Å². The van der Waals surface area contributed by atoms with Crippen LogP contribution in [-0.2, 0) is 23.4 Å². The zero-order chi connectivity index (χ0) is 21.1. The molecule has 0 aromatic carbocycles. The van der Waals surface area contributed by atoms with Gasteiger partial charge in [0, 0.05) is 14.2 Å². The van der Waals surface area contributed by atoms with E-state index in [1.807, 2.05) is 0 Å². The fourth-order valence-corrected chi connectivity index (χ4v) is 3.93. The monoisotopic (exact) mass is 406 g/mol. The van der Waals surface area contributed by atoms with Gasteiger partial charge in [-0.2, -0.15) is 0 Å². The maximum atomic E-state index is 10.8. The number of unbranched alkanes of at least 4 members (excludes halogenated alkanes) is 1. The summed E-state index contributed by atoms with van der Waals surface area (Å²) in [5.41, 5.74) is 0. The molecular formula is C20H42O6Si. The maximum absolute atomic E-state index is 10.8. The molecule has 0 radical (unpaired) electrons. The van der Waals surface area contributed by atoms with Crippen LogP contribution in [-0.4, -0.2) is 64.1 Å². The van der Waals surface area contributed by atoms with Crippen molar-refractivity contribution in [2.24, 2.45) is 0 Å². The van der Waals surface area contributed by atoms with E-state index >= 15 is 0 Å². The number of ether oxygens (including phenoxy) is 4. The highest BCUT2D eigenvalue weighted by atomic mass is 28.4. The van der Waals surface area contributed by atoms with E-state index in [9.17, 15) is 5.11 Å². The molecule has 1 N–H and O–H groups in total. The summed E-state index contributed by atoms with van der Waals surface area (Å²) in [6.07, 6.45) is 0.919. The van der Waals surface area contributed by atoms with E-state index < -0.39 is 38.2 Å². The van der Waals surface area contributed by atoms with Crippen molar-refractivity contribution in [2.75, 3.05) is 20.8 Å². The van der Waals surface area contributed by atoms with Gasteiger partial charge < -0.3 is 28.5 Å². The van der Waals surface area contributed by atoms with Crippen LogP contribution in [0.15, 0.2) is 0 Å². The lowest BCUT2D eigenvalue weighted by atomic mass is 9.98. The van der Waals surface area contributed by atoms with Crippen LogP contribution in [0.3, 0.4) is 0 Å². The zero-order valence-corrected chi connectivity index (χ0v) is 20.0. The van der Waals surface area contributed by atoms with Crippen molar-refractivity contribution < 1.29 is 28.5 Å². The van der Waals surface area contributed by atoms with Gasteiger partial charge in [0.15, 0.2) is 8.32 Å². The summed E-state index contributed by atoms with van der Waals surface area (Å²) in [5, 5.41) is 10.9. The number of methoxy groups -OCH3 is 2. The Hall–Kier alpha value is -0.0231. The van der Waals surface area contributed by atoms with Gasteiger partial charge in [-0.1, -0.05) is 40.5 Å². The van der Waals surface area contributed by atoms with Crippen molar-refractivity contribution in [3.8, 4) is 0 Å². The summed E-state index contributed by atoms with van der Waals surface area (Å²) < 4.78 is 30.2. The molecule has 1 fully saturated rings.